The van der Waals surface area contributed by atoms with Gasteiger partial charge in [-0.1, -0.05) is 6.92 Å². The third-order valence-corrected chi connectivity index (χ3v) is 4.34. The van der Waals surface area contributed by atoms with E-state index in [1.165, 1.54) is 0 Å². The molecule has 0 amide bonds. The standard InChI is InChI=1S/C14H25N3O2S/c1-5-10-15-13-6-8-14(9-7-13)20(18,19)16-12(2)11-17(3)4/h6-9,12,15-16H,5,10-11H2,1-4H3. The van der Waals surface area contributed by atoms with Crippen LogP contribution in [-0.2, 0) is 10.0 Å². The summed E-state index contributed by atoms with van der Waals surface area (Å²) in [6.45, 7) is 5.48. The maximum absolute atomic E-state index is 12.2. The number of likely N-dealkylation sites (N-methyl/N-ethyl adjacent to an activating group) is 1. The molecule has 0 radical (unpaired) electrons. The van der Waals surface area contributed by atoms with E-state index in [9.17, 15) is 8.42 Å². The van der Waals surface area contributed by atoms with E-state index < -0.39 is 10.0 Å². The highest BCUT2D eigenvalue weighted by atomic mass is 32.2. The largest absolute Gasteiger partial charge is 0.385 e. The van der Waals surface area contributed by atoms with E-state index >= 15 is 0 Å². The summed E-state index contributed by atoms with van der Waals surface area (Å²) in [7, 11) is 0.384. The zero-order chi connectivity index (χ0) is 15.2. The lowest BCUT2D eigenvalue weighted by atomic mass is 10.3. The lowest BCUT2D eigenvalue weighted by Crippen LogP contribution is -2.39. The maximum atomic E-state index is 12.2. The van der Waals surface area contributed by atoms with Crippen LogP contribution < -0.4 is 10.0 Å². The van der Waals surface area contributed by atoms with Gasteiger partial charge in [0, 0.05) is 24.8 Å². The number of hydrogen-bond donors (Lipinski definition) is 2. The first-order valence-corrected chi connectivity index (χ1v) is 8.34. The summed E-state index contributed by atoms with van der Waals surface area (Å²) in [5.74, 6) is 0. The van der Waals surface area contributed by atoms with E-state index in [0.29, 0.717) is 11.4 Å². The molecule has 1 aromatic rings. The molecule has 0 heterocycles. The first-order valence-electron chi connectivity index (χ1n) is 6.86. The molecule has 20 heavy (non-hydrogen) atoms. The predicted octanol–water partition coefficient (Wildman–Crippen LogP) is 1.74. The molecule has 1 rings (SSSR count). The van der Waals surface area contributed by atoms with Gasteiger partial charge >= 0.3 is 0 Å². The minimum absolute atomic E-state index is 0.132. The molecule has 5 nitrogen and oxygen atoms in total. The van der Waals surface area contributed by atoms with Crippen molar-refractivity contribution in [3.63, 3.8) is 0 Å². The van der Waals surface area contributed by atoms with Crippen LogP contribution in [-0.4, -0.2) is 46.5 Å². The fourth-order valence-corrected chi connectivity index (χ4v) is 3.17. The van der Waals surface area contributed by atoms with E-state index in [2.05, 4.69) is 17.0 Å². The Balaban J connectivity index is 2.72. The van der Waals surface area contributed by atoms with Crippen molar-refractivity contribution >= 4 is 15.7 Å². The molecule has 0 bridgehead atoms. The molecule has 0 aliphatic rings. The van der Waals surface area contributed by atoms with E-state index in [-0.39, 0.29) is 6.04 Å². The maximum Gasteiger partial charge on any atom is 0.240 e. The molecule has 2 N–H and O–H groups in total. The van der Waals surface area contributed by atoms with Gasteiger partial charge in [0.15, 0.2) is 0 Å². The average Bonchev–Trinajstić information content (AvgIpc) is 2.35. The molecule has 114 valence electrons. The van der Waals surface area contributed by atoms with Crippen LogP contribution in [0, 0.1) is 0 Å². The normalized spacial score (nSPS) is 13.4. The number of rotatable bonds is 8. The Morgan fingerprint density at radius 1 is 1.20 bits per heavy atom. The van der Waals surface area contributed by atoms with Gasteiger partial charge < -0.3 is 10.2 Å². The van der Waals surface area contributed by atoms with Crippen molar-refractivity contribution in [3.05, 3.63) is 24.3 Å². The molecule has 0 spiro atoms. The Labute approximate surface area is 122 Å². The smallest absolute Gasteiger partial charge is 0.240 e. The van der Waals surface area contributed by atoms with Crippen LogP contribution in [0.2, 0.25) is 0 Å². The van der Waals surface area contributed by atoms with Crippen molar-refractivity contribution < 1.29 is 8.42 Å². The fourth-order valence-electron chi connectivity index (χ4n) is 1.94. The summed E-state index contributed by atoms with van der Waals surface area (Å²) in [5, 5.41) is 3.22. The predicted molar refractivity (Wildman–Crippen MR) is 83.6 cm³/mol. The minimum Gasteiger partial charge on any atom is -0.385 e. The van der Waals surface area contributed by atoms with Crippen molar-refractivity contribution in [1.29, 1.82) is 0 Å². The van der Waals surface area contributed by atoms with Crippen LogP contribution in [0.3, 0.4) is 0 Å². The lowest BCUT2D eigenvalue weighted by molar-refractivity contribution is 0.370. The molecule has 1 aromatic carbocycles. The molecular weight excluding hydrogens is 274 g/mol. The summed E-state index contributed by atoms with van der Waals surface area (Å²) >= 11 is 0. The van der Waals surface area contributed by atoms with Crippen molar-refractivity contribution in [2.24, 2.45) is 0 Å². The van der Waals surface area contributed by atoms with Gasteiger partial charge in [0.1, 0.15) is 0 Å². The molecule has 0 saturated heterocycles. The second-order valence-corrected chi connectivity index (χ2v) is 6.95. The second-order valence-electron chi connectivity index (χ2n) is 5.24. The topological polar surface area (TPSA) is 61.4 Å². The molecule has 1 unspecified atom stereocenters. The Kier molecular flexibility index (Phi) is 6.45. The Morgan fingerprint density at radius 3 is 2.30 bits per heavy atom. The summed E-state index contributed by atoms with van der Waals surface area (Å²) in [5.41, 5.74) is 0.937. The molecule has 0 saturated carbocycles. The summed E-state index contributed by atoms with van der Waals surface area (Å²) < 4.78 is 27.1. The highest BCUT2D eigenvalue weighted by molar-refractivity contribution is 7.89. The number of nitrogens with one attached hydrogen (secondary N) is 2. The quantitative estimate of drug-likeness (QED) is 0.767. The Morgan fingerprint density at radius 2 is 1.80 bits per heavy atom. The Hall–Kier alpha value is -1.11. The summed E-state index contributed by atoms with van der Waals surface area (Å²) in [4.78, 5) is 2.25. The highest BCUT2D eigenvalue weighted by Crippen LogP contribution is 2.14. The van der Waals surface area contributed by atoms with Gasteiger partial charge in [-0.05, 0) is 51.7 Å². The Bertz CT molecular complexity index is 498. The summed E-state index contributed by atoms with van der Waals surface area (Å²) in [6.07, 6.45) is 1.03. The molecule has 0 aliphatic carbocycles. The van der Waals surface area contributed by atoms with Crippen molar-refractivity contribution in [1.82, 2.24) is 9.62 Å². The van der Waals surface area contributed by atoms with Gasteiger partial charge in [-0.25, -0.2) is 13.1 Å². The molecule has 0 aliphatic heterocycles. The van der Waals surface area contributed by atoms with E-state index in [4.69, 9.17) is 0 Å². The molecule has 0 aromatic heterocycles. The average molecular weight is 299 g/mol. The van der Waals surface area contributed by atoms with E-state index in [1.807, 2.05) is 25.9 Å². The lowest BCUT2D eigenvalue weighted by Gasteiger charge is -2.18. The number of benzene rings is 1. The monoisotopic (exact) mass is 299 g/mol. The van der Waals surface area contributed by atoms with Gasteiger partial charge in [-0.15, -0.1) is 0 Å². The highest BCUT2D eigenvalue weighted by Gasteiger charge is 2.17. The second kappa shape index (κ2) is 7.61. The van der Waals surface area contributed by atoms with Gasteiger partial charge in [-0.2, -0.15) is 0 Å². The van der Waals surface area contributed by atoms with E-state index in [0.717, 1.165) is 18.7 Å². The van der Waals surface area contributed by atoms with E-state index in [1.54, 1.807) is 24.3 Å². The number of sulfonamides is 1. The zero-order valence-corrected chi connectivity index (χ0v) is 13.5. The first kappa shape index (κ1) is 16.9. The number of hydrogen-bond acceptors (Lipinski definition) is 4. The van der Waals surface area contributed by atoms with Crippen molar-refractivity contribution in [3.8, 4) is 0 Å². The van der Waals surface area contributed by atoms with Crippen LogP contribution in [0.1, 0.15) is 20.3 Å². The fraction of sp³-hybridized carbons (Fsp3) is 0.571. The molecular formula is C14H25N3O2S. The van der Waals surface area contributed by atoms with Crippen LogP contribution >= 0.6 is 0 Å². The van der Waals surface area contributed by atoms with Gasteiger partial charge in [0.25, 0.3) is 0 Å². The van der Waals surface area contributed by atoms with Gasteiger partial charge in [0.05, 0.1) is 4.90 Å². The number of anilines is 1. The minimum atomic E-state index is -3.45. The van der Waals surface area contributed by atoms with Crippen molar-refractivity contribution in [2.75, 3.05) is 32.5 Å². The van der Waals surface area contributed by atoms with Crippen molar-refractivity contribution in [2.45, 2.75) is 31.2 Å². The first-order chi connectivity index (χ1) is 9.35. The van der Waals surface area contributed by atoms with Crippen LogP contribution in [0.4, 0.5) is 5.69 Å². The third-order valence-electron chi connectivity index (χ3n) is 2.74. The van der Waals surface area contributed by atoms with Gasteiger partial charge in [0.2, 0.25) is 10.0 Å². The van der Waals surface area contributed by atoms with Gasteiger partial charge in [-0.3, -0.25) is 0 Å². The summed E-state index contributed by atoms with van der Waals surface area (Å²) in [6, 6.07) is 6.71. The SMILES string of the molecule is CCCNc1ccc(S(=O)(=O)NC(C)CN(C)C)cc1. The van der Waals surface area contributed by atoms with Crippen LogP contribution in [0.5, 0.6) is 0 Å². The molecule has 6 heteroatoms. The third kappa shape index (κ3) is 5.48. The molecule has 1 atom stereocenters. The molecule has 0 fully saturated rings. The van der Waals surface area contributed by atoms with Crippen LogP contribution in [0.25, 0.3) is 0 Å². The van der Waals surface area contributed by atoms with Crippen LogP contribution in [0.15, 0.2) is 29.2 Å². The zero-order valence-electron chi connectivity index (χ0n) is 12.7. The number of nitrogens with zero attached hydrogens (tertiary/aromatic N) is 1.